The first-order valence-electron chi connectivity index (χ1n) is 5.17. The summed E-state index contributed by atoms with van der Waals surface area (Å²) in [6.07, 6.45) is 0.961. The highest BCUT2D eigenvalue weighted by atomic mass is 32.1. The van der Waals surface area contributed by atoms with Gasteiger partial charge < -0.3 is 5.11 Å². The van der Waals surface area contributed by atoms with E-state index in [0.29, 0.717) is 17.6 Å². The number of aromatic nitrogens is 2. The molecule has 88 valence electrons. The molecule has 0 aromatic carbocycles. The van der Waals surface area contributed by atoms with Crippen LogP contribution in [-0.4, -0.2) is 52.4 Å². The van der Waals surface area contributed by atoms with Crippen LogP contribution in [0.3, 0.4) is 0 Å². The summed E-state index contributed by atoms with van der Waals surface area (Å²) >= 11 is 1.30. The van der Waals surface area contributed by atoms with Crippen molar-refractivity contribution in [3.05, 3.63) is 5.51 Å². The number of hydrogen-bond acceptors (Lipinski definition) is 6. The van der Waals surface area contributed by atoms with Gasteiger partial charge in [-0.1, -0.05) is 11.3 Å². The molecule has 1 aliphatic heterocycles. The van der Waals surface area contributed by atoms with Crippen LogP contribution in [-0.2, 0) is 4.79 Å². The van der Waals surface area contributed by atoms with E-state index >= 15 is 0 Å². The molecular formula is C9H14N4O2S. The molecule has 1 unspecified atom stereocenters. The molecule has 0 radical (unpaired) electrons. The Labute approximate surface area is 97.3 Å². The van der Waals surface area contributed by atoms with E-state index in [0.717, 1.165) is 19.5 Å². The molecule has 0 bridgehead atoms. The van der Waals surface area contributed by atoms with E-state index in [1.54, 1.807) is 5.51 Å². The number of rotatable bonds is 4. The summed E-state index contributed by atoms with van der Waals surface area (Å²) in [5, 5.41) is 19.6. The number of hydrogen-bond donors (Lipinski definition) is 2. The molecule has 1 atom stereocenters. The van der Waals surface area contributed by atoms with Gasteiger partial charge in [-0.2, -0.15) is 0 Å². The third kappa shape index (κ3) is 2.97. The Balaban J connectivity index is 1.76. The zero-order valence-corrected chi connectivity index (χ0v) is 9.61. The zero-order chi connectivity index (χ0) is 11.4. The Morgan fingerprint density at radius 1 is 1.75 bits per heavy atom. The average Bonchev–Trinajstić information content (AvgIpc) is 2.89. The van der Waals surface area contributed by atoms with Crippen molar-refractivity contribution < 1.29 is 9.90 Å². The first kappa shape index (κ1) is 11.4. The lowest BCUT2D eigenvalue weighted by Gasteiger charge is -2.13. The predicted molar refractivity (Wildman–Crippen MR) is 60.2 cm³/mol. The number of anilines is 1. The van der Waals surface area contributed by atoms with Crippen LogP contribution in [0.25, 0.3) is 0 Å². The average molecular weight is 242 g/mol. The minimum atomic E-state index is -0.0738. The topological polar surface area (TPSA) is 78.4 Å². The second-order valence-corrected chi connectivity index (χ2v) is 4.70. The largest absolute Gasteiger partial charge is 0.396 e. The van der Waals surface area contributed by atoms with Gasteiger partial charge in [0.15, 0.2) is 0 Å². The molecule has 6 nitrogen and oxygen atoms in total. The van der Waals surface area contributed by atoms with Crippen LogP contribution in [0.15, 0.2) is 5.51 Å². The van der Waals surface area contributed by atoms with E-state index < -0.39 is 0 Å². The molecule has 2 N–H and O–H groups in total. The molecule has 1 amide bonds. The van der Waals surface area contributed by atoms with Gasteiger partial charge in [0.2, 0.25) is 11.0 Å². The van der Waals surface area contributed by atoms with Gasteiger partial charge in [-0.15, -0.1) is 10.2 Å². The molecular weight excluding hydrogens is 228 g/mol. The van der Waals surface area contributed by atoms with Gasteiger partial charge in [-0.25, -0.2) is 0 Å². The quantitative estimate of drug-likeness (QED) is 0.764. The molecule has 16 heavy (non-hydrogen) atoms. The number of aliphatic hydroxyl groups is 1. The maximum atomic E-state index is 11.6. The van der Waals surface area contributed by atoms with Gasteiger partial charge in [0.1, 0.15) is 5.51 Å². The summed E-state index contributed by atoms with van der Waals surface area (Å²) in [5.41, 5.74) is 1.58. The first-order chi connectivity index (χ1) is 7.78. The molecule has 7 heteroatoms. The number of likely N-dealkylation sites (tertiary alicyclic amines) is 1. The molecule has 0 saturated carbocycles. The number of nitrogens with one attached hydrogen (secondary N) is 1. The van der Waals surface area contributed by atoms with Crippen LogP contribution >= 0.6 is 11.3 Å². The fourth-order valence-corrected chi connectivity index (χ4v) is 2.26. The second-order valence-electron chi connectivity index (χ2n) is 3.86. The molecule has 1 fully saturated rings. The number of aliphatic hydroxyl groups excluding tert-OH is 1. The lowest BCUT2D eigenvalue weighted by molar-refractivity contribution is -0.117. The van der Waals surface area contributed by atoms with Crippen molar-refractivity contribution in [1.82, 2.24) is 15.1 Å². The van der Waals surface area contributed by atoms with Crippen molar-refractivity contribution in [2.75, 3.05) is 31.6 Å². The summed E-state index contributed by atoms with van der Waals surface area (Å²) in [6.45, 7) is 2.22. The van der Waals surface area contributed by atoms with Gasteiger partial charge in [0, 0.05) is 13.2 Å². The molecule has 1 saturated heterocycles. The standard InChI is InChI=1S/C9H14N4O2S/c14-5-7-1-2-13(3-7)4-8(15)11-9-12-10-6-16-9/h6-7,14H,1-5H2,(H,11,12,15). The Kier molecular flexibility index (Phi) is 3.81. The third-order valence-corrected chi connectivity index (χ3v) is 3.21. The maximum absolute atomic E-state index is 11.6. The van der Waals surface area contributed by atoms with Crippen molar-refractivity contribution >= 4 is 22.4 Å². The maximum Gasteiger partial charge on any atom is 0.240 e. The Morgan fingerprint density at radius 2 is 2.62 bits per heavy atom. The van der Waals surface area contributed by atoms with Crippen LogP contribution in [0.4, 0.5) is 5.13 Å². The summed E-state index contributed by atoms with van der Waals surface area (Å²) in [7, 11) is 0. The fourth-order valence-electron chi connectivity index (χ4n) is 1.79. The van der Waals surface area contributed by atoms with Gasteiger partial charge in [0.05, 0.1) is 6.54 Å². The van der Waals surface area contributed by atoms with Crippen molar-refractivity contribution in [2.24, 2.45) is 5.92 Å². The van der Waals surface area contributed by atoms with E-state index in [1.165, 1.54) is 11.3 Å². The third-order valence-electron chi connectivity index (χ3n) is 2.60. The van der Waals surface area contributed by atoms with E-state index in [2.05, 4.69) is 15.5 Å². The molecule has 2 heterocycles. The van der Waals surface area contributed by atoms with Crippen LogP contribution in [0.1, 0.15) is 6.42 Å². The first-order valence-corrected chi connectivity index (χ1v) is 6.05. The van der Waals surface area contributed by atoms with Crippen LogP contribution in [0.2, 0.25) is 0 Å². The van der Waals surface area contributed by atoms with Crippen molar-refractivity contribution in [3.63, 3.8) is 0 Å². The predicted octanol–water partition coefficient (Wildman–Crippen LogP) is -0.209. The van der Waals surface area contributed by atoms with Gasteiger partial charge in [-0.05, 0) is 18.9 Å². The molecule has 0 aliphatic carbocycles. The summed E-state index contributed by atoms with van der Waals surface area (Å²) < 4.78 is 0. The van der Waals surface area contributed by atoms with E-state index in [1.807, 2.05) is 4.90 Å². The van der Waals surface area contributed by atoms with Gasteiger partial charge >= 0.3 is 0 Å². The molecule has 0 spiro atoms. The van der Waals surface area contributed by atoms with Crippen molar-refractivity contribution in [2.45, 2.75) is 6.42 Å². The van der Waals surface area contributed by atoms with Crippen LogP contribution < -0.4 is 5.32 Å². The highest BCUT2D eigenvalue weighted by Gasteiger charge is 2.23. The summed E-state index contributed by atoms with van der Waals surface area (Å²) in [4.78, 5) is 13.6. The van der Waals surface area contributed by atoms with Crippen LogP contribution in [0.5, 0.6) is 0 Å². The molecule has 2 rings (SSSR count). The van der Waals surface area contributed by atoms with Gasteiger partial charge in [-0.3, -0.25) is 15.0 Å². The van der Waals surface area contributed by atoms with E-state index in [4.69, 9.17) is 5.11 Å². The molecule has 1 aromatic heterocycles. The Bertz CT molecular complexity index is 343. The number of carbonyl (C=O) groups excluding carboxylic acids is 1. The van der Waals surface area contributed by atoms with Crippen molar-refractivity contribution in [1.29, 1.82) is 0 Å². The molecule has 1 aliphatic rings. The molecule has 1 aromatic rings. The smallest absolute Gasteiger partial charge is 0.240 e. The minimum Gasteiger partial charge on any atom is -0.396 e. The SMILES string of the molecule is O=C(CN1CCC(CO)C1)Nc1nncs1. The number of amides is 1. The lowest BCUT2D eigenvalue weighted by Crippen LogP contribution is -2.31. The minimum absolute atomic E-state index is 0.0738. The fraction of sp³-hybridized carbons (Fsp3) is 0.667. The number of carbonyl (C=O) groups is 1. The highest BCUT2D eigenvalue weighted by Crippen LogP contribution is 2.15. The monoisotopic (exact) mass is 242 g/mol. The number of nitrogens with zero attached hydrogens (tertiary/aromatic N) is 3. The van der Waals surface area contributed by atoms with Crippen molar-refractivity contribution in [3.8, 4) is 0 Å². The summed E-state index contributed by atoms with van der Waals surface area (Å²) in [6, 6.07) is 0. The Hall–Kier alpha value is -1.05. The Morgan fingerprint density at radius 3 is 3.25 bits per heavy atom. The zero-order valence-electron chi connectivity index (χ0n) is 8.80. The van der Waals surface area contributed by atoms with E-state index in [9.17, 15) is 4.79 Å². The normalized spacial score (nSPS) is 21.2. The van der Waals surface area contributed by atoms with Crippen LogP contribution in [0, 0.1) is 5.92 Å². The highest BCUT2D eigenvalue weighted by molar-refractivity contribution is 7.13. The summed E-state index contributed by atoms with van der Waals surface area (Å²) in [5.74, 6) is 0.240. The lowest BCUT2D eigenvalue weighted by atomic mass is 10.1. The van der Waals surface area contributed by atoms with E-state index in [-0.39, 0.29) is 12.5 Å². The van der Waals surface area contributed by atoms with Gasteiger partial charge in [0.25, 0.3) is 0 Å². The second kappa shape index (κ2) is 5.33.